The van der Waals surface area contributed by atoms with Crippen molar-refractivity contribution in [2.45, 2.75) is 62.4 Å². The van der Waals surface area contributed by atoms with Crippen molar-refractivity contribution < 1.29 is 4.74 Å². The van der Waals surface area contributed by atoms with E-state index in [1.807, 2.05) is 0 Å². The van der Waals surface area contributed by atoms with Gasteiger partial charge >= 0.3 is 0 Å². The number of allylic oxidation sites excluding steroid dienone is 2. The first-order chi connectivity index (χ1) is 11.8. The molecule has 0 saturated carbocycles. The Morgan fingerprint density at radius 1 is 1.16 bits per heavy atom. The van der Waals surface area contributed by atoms with Gasteiger partial charge in [-0.05, 0) is 41.9 Å². The predicted octanol–water partition coefficient (Wildman–Crippen LogP) is 6.69. The van der Waals surface area contributed by atoms with Gasteiger partial charge in [0.05, 0.1) is 10.3 Å². The van der Waals surface area contributed by atoms with E-state index in [9.17, 15) is 0 Å². The largest absolute Gasteiger partial charge is 0.380 e. The monoisotopic (exact) mass is 394 g/mol. The molecule has 0 spiro atoms. The number of benzene rings is 1. The van der Waals surface area contributed by atoms with E-state index in [0.29, 0.717) is 8.74 Å². The zero-order valence-electron chi connectivity index (χ0n) is 16.5. The Balaban J connectivity index is 2.21. The summed E-state index contributed by atoms with van der Waals surface area (Å²) in [6.07, 6.45) is 8.06. The van der Waals surface area contributed by atoms with E-state index < -0.39 is 8.07 Å². The summed E-state index contributed by atoms with van der Waals surface area (Å²) in [4.78, 5) is 0. The fourth-order valence-electron chi connectivity index (χ4n) is 3.35. The van der Waals surface area contributed by atoms with Crippen LogP contribution in [-0.4, -0.2) is 29.5 Å². The van der Waals surface area contributed by atoms with Gasteiger partial charge < -0.3 is 4.74 Å². The van der Waals surface area contributed by atoms with Crippen molar-refractivity contribution in [3.05, 3.63) is 48.0 Å². The molecule has 2 rings (SSSR count). The van der Waals surface area contributed by atoms with Crippen LogP contribution < -0.4 is 0 Å². The third-order valence-corrected chi connectivity index (χ3v) is 18.1. The molecular weight excluding hydrogens is 360 g/mol. The Morgan fingerprint density at radius 2 is 1.80 bits per heavy atom. The molecule has 0 aromatic heterocycles. The fraction of sp³-hybridized carbons (Fsp3) is 0.619. The topological polar surface area (TPSA) is 9.23 Å². The van der Waals surface area contributed by atoms with Crippen molar-refractivity contribution in [1.82, 2.24) is 0 Å². The van der Waals surface area contributed by atoms with E-state index in [1.54, 1.807) is 0 Å². The van der Waals surface area contributed by atoms with Crippen LogP contribution in [0.1, 0.15) is 46.1 Å². The highest BCUT2D eigenvalue weighted by Crippen LogP contribution is 2.58. The van der Waals surface area contributed by atoms with Crippen molar-refractivity contribution in [2.75, 3.05) is 17.7 Å². The van der Waals surface area contributed by atoms with E-state index in [4.69, 9.17) is 4.74 Å². The van der Waals surface area contributed by atoms with E-state index in [0.717, 1.165) is 12.8 Å². The van der Waals surface area contributed by atoms with Gasteiger partial charge in [0.25, 0.3) is 0 Å². The van der Waals surface area contributed by atoms with Crippen LogP contribution in [0.25, 0.3) is 0 Å². The van der Waals surface area contributed by atoms with Crippen molar-refractivity contribution in [2.24, 2.45) is 0 Å². The van der Waals surface area contributed by atoms with Crippen LogP contribution in [0.3, 0.4) is 0 Å². The Labute approximate surface area is 164 Å². The summed E-state index contributed by atoms with van der Waals surface area (Å²) in [5.41, 5.74) is 1.28. The molecule has 0 radical (unpaired) electrons. The van der Waals surface area contributed by atoms with Gasteiger partial charge in [-0.1, -0.05) is 69.8 Å². The summed E-state index contributed by atoms with van der Waals surface area (Å²) in [7, 11) is -1.74. The molecule has 1 fully saturated rings. The highest BCUT2D eigenvalue weighted by molar-refractivity contribution is 8.21. The van der Waals surface area contributed by atoms with Gasteiger partial charge in [-0.25, -0.2) is 0 Å². The highest BCUT2D eigenvalue weighted by Gasteiger charge is 2.57. The molecule has 0 N–H and O–H groups in total. The van der Waals surface area contributed by atoms with Gasteiger partial charge in [-0.3, -0.25) is 0 Å². The Morgan fingerprint density at radius 3 is 2.36 bits per heavy atom. The lowest BCUT2D eigenvalue weighted by molar-refractivity contribution is 0.155. The normalized spacial score (nSPS) is 20.5. The molecule has 1 unspecified atom stereocenters. The van der Waals surface area contributed by atoms with E-state index in [1.165, 1.54) is 29.9 Å². The summed E-state index contributed by atoms with van der Waals surface area (Å²) in [5, 5.41) is 0.308. The minimum absolute atomic E-state index is 0.308. The lowest BCUT2D eigenvalue weighted by atomic mass is 10.2. The molecule has 1 heterocycles. The molecule has 0 aliphatic carbocycles. The molecular formula is C21H34OS2Si. The molecule has 1 aliphatic rings. The maximum atomic E-state index is 6.38. The first kappa shape index (κ1) is 21.1. The summed E-state index contributed by atoms with van der Waals surface area (Å²) in [5.74, 6) is 2.59. The SMILES string of the molecule is C/C=C/CC1([Si](C)(COCc2ccccc2)C(C)(C)C)SCCCS1. The van der Waals surface area contributed by atoms with Gasteiger partial charge in [0.1, 0.15) is 8.07 Å². The van der Waals surface area contributed by atoms with Crippen LogP contribution in [0, 0.1) is 0 Å². The highest BCUT2D eigenvalue weighted by atomic mass is 32.2. The first-order valence-electron chi connectivity index (χ1n) is 9.35. The van der Waals surface area contributed by atoms with Crippen LogP contribution in [-0.2, 0) is 11.3 Å². The Kier molecular flexibility index (Phi) is 7.75. The van der Waals surface area contributed by atoms with Crippen molar-refractivity contribution in [1.29, 1.82) is 0 Å². The molecule has 4 heteroatoms. The third-order valence-electron chi connectivity index (χ3n) is 5.58. The number of hydrogen-bond donors (Lipinski definition) is 0. The minimum Gasteiger partial charge on any atom is -0.380 e. The fourth-order valence-corrected chi connectivity index (χ4v) is 14.3. The molecule has 0 bridgehead atoms. The lowest BCUT2D eigenvalue weighted by Crippen LogP contribution is -2.62. The number of thioether (sulfide) groups is 2. The Hall–Kier alpha value is -0.163. The van der Waals surface area contributed by atoms with Crippen LogP contribution in [0.5, 0.6) is 0 Å². The second-order valence-corrected chi connectivity index (χ2v) is 17.2. The zero-order valence-corrected chi connectivity index (χ0v) is 19.1. The van der Waals surface area contributed by atoms with Crippen LogP contribution in [0.15, 0.2) is 42.5 Å². The van der Waals surface area contributed by atoms with Crippen molar-refractivity contribution >= 4 is 31.6 Å². The summed E-state index contributed by atoms with van der Waals surface area (Å²) in [6, 6.07) is 10.6. The van der Waals surface area contributed by atoms with E-state index >= 15 is 0 Å². The first-order valence-corrected chi connectivity index (χ1v) is 14.0. The second-order valence-electron chi connectivity index (χ2n) is 8.14. The van der Waals surface area contributed by atoms with Crippen molar-refractivity contribution in [3.63, 3.8) is 0 Å². The standard InChI is InChI=1S/C21H34OS2Si/c1-6-7-14-21(23-15-11-16-24-21)25(5,20(2,3)4)18-22-17-19-12-9-8-10-13-19/h6-10,12-13H,11,14-18H2,1-5H3/b7-6+. The minimum atomic E-state index is -1.74. The molecule has 25 heavy (non-hydrogen) atoms. The summed E-state index contributed by atoms with van der Waals surface area (Å²) in [6.45, 7) is 12.8. The molecule has 1 atom stereocenters. The molecule has 140 valence electrons. The predicted molar refractivity (Wildman–Crippen MR) is 119 cm³/mol. The average Bonchev–Trinajstić information content (AvgIpc) is 2.60. The molecule has 1 aromatic carbocycles. The van der Waals surface area contributed by atoms with Crippen LogP contribution >= 0.6 is 23.5 Å². The number of rotatable bonds is 7. The molecule has 1 saturated heterocycles. The third kappa shape index (κ3) is 4.97. The molecule has 1 aromatic rings. The molecule has 1 aliphatic heterocycles. The number of ether oxygens (including phenoxy) is 1. The van der Waals surface area contributed by atoms with Gasteiger partial charge in [0.2, 0.25) is 0 Å². The van der Waals surface area contributed by atoms with Crippen LogP contribution in [0.2, 0.25) is 11.6 Å². The second kappa shape index (κ2) is 9.16. The lowest BCUT2D eigenvalue weighted by Gasteiger charge is -2.54. The summed E-state index contributed by atoms with van der Waals surface area (Å²) >= 11 is 4.45. The maximum Gasteiger partial charge on any atom is 0.116 e. The summed E-state index contributed by atoms with van der Waals surface area (Å²) < 4.78 is 6.71. The van der Waals surface area contributed by atoms with Crippen molar-refractivity contribution in [3.8, 4) is 0 Å². The van der Waals surface area contributed by atoms with Crippen LogP contribution in [0.4, 0.5) is 0 Å². The van der Waals surface area contributed by atoms with E-state index in [-0.39, 0.29) is 0 Å². The van der Waals surface area contributed by atoms with Gasteiger partial charge in [0.15, 0.2) is 0 Å². The van der Waals surface area contributed by atoms with E-state index in [2.05, 4.69) is 100 Å². The maximum absolute atomic E-state index is 6.38. The van der Waals surface area contributed by atoms with Gasteiger partial charge in [0, 0.05) is 6.23 Å². The quantitative estimate of drug-likeness (QED) is 0.376. The average molecular weight is 395 g/mol. The van der Waals surface area contributed by atoms with Gasteiger partial charge in [-0.15, -0.1) is 23.5 Å². The molecule has 0 amide bonds. The molecule has 1 nitrogen and oxygen atoms in total. The Bertz CT molecular complexity index is 547. The number of hydrogen-bond acceptors (Lipinski definition) is 3. The smallest absolute Gasteiger partial charge is 0.116 e. The van der Waals surface area contributed by atoms with Gasteiger partial charge in [-0.2, -0.15) is 0 Å². The zero-order chi connectivity index (χ0) is 18.4.